The van der Waals surface area contributed by atoms with Gasteiger partial charge in [0.25, 0.3) is 11.1 Å². The van der Waals surface area contributed by atoms with Gasteiger partial charge in [-0.05, 0) is 49.1 Å². The quantitative estimate of drug-likeness (QED) is 0.634. The van der Waals surface area contributed by atoms with Gasteiger partial charge in [-0.3, -0.25) is 19.3 Å². The summed E-state index contributed by atoms with van der Waals surface area (Å²) in [7, 11) is 0. The Bertz CT molecular complexity index is 1050. The minimum Gasteiger partial charge on any atom is -0.352 e. The zero-order valence-corrected chi connectivity index (χ0v) is 19.0. The highest BCUT2D eigenvalue weighted by Crippen LogP contribution is 2.35. The van der Waals surface area contributed by atoms with E-state index in [1.807, 2.05) is 29.8 Å². The molecule has 31 heavy (non-hydrogen) atoms. The molecule has 1 N–H and O–H groups in total. The van der Waals surface area contributed by atoms with Crippen LogP contribution in [0.15, 0.2) is 29.3 Å². The Kier molecular flexibility index (Phi) is 6.51. The van der Waals surface area contributed by atoms with Crippen LogP contribution in [0.4, 0.5) is 4.79 Å². The fourth-order valence-electron chi connectivity index (χ4n) is 4.55. The van der Waals surface area contributed by atoms with Crippen LogP contribution < -0.4 is 5.32 Å². The van der Waals surface area contributed by atoms with Gasteiger partial charge < -0.3 is 9.88 Å². The fraction of sp³-hybridized carbons (Fsp3) is 0.458. The number of carbonyl (C=O) groups is 3. The molecule has 1 aromatic carbocycles. The molecule has 0 bridgehead atoms. The van der Waals surface area contributed by atoms with E-state index >= 15 is 0 Å². The molecule has 1 aliphatic heterocycles. The molecule has 1 aliphatic carbocycles. The highest BCUT2D eigenvalue weighted by Gasteiger charge is 2.34. The molecule has 0 spiro atoms. The number of thioether (sulfide) groups is 1. The molecule has 0 unspecified atom stereocenters. The van der Waals surface area contributed by atoms with E-state index in [0.29, 0.717) is 11.4 Å². The van der Waals surface area contributed by atoms with E-state index in [9.17, 15) is 14.4 Å². The van der Waals surface area contributed by atoms with Crippen LogP contribution in [0.5, 0.6) is 0 Å². The second-order valence-electron chi connectivity index (χ2n) is 8.26. The molecule has 3 amide bonds. The molecule has 0 atom stereocenters. The van der Waals surface area contributed by atoms with Gasteiger partial charge >= 0.3 is 0 Å². The summed E-state index contributed by atoms with van der Waals surface area (Å²) in [5.74, 6) is -0.215. The number of nitrogens with zero attached hydrogens (tertiary/aromatic N) is 2. The predicted octanol–water partition coefficient (Wildman–Crippen LogP) is 4.71. The Balaban J connectivity index is 1.67. The van der Waals surface area contributed by atoms with E-state index in [4.69, 9.17) is 0 Å². The van der Waals surface area contributed by atoms with Crippen LogP contribution in [-0.2, 0) is 22.6 Å². The Hall–Kier alpha value is -2.54. The van der Waals surface area contributed by atoms with E-state index in [0.717, 1.165) is 59.5 Å². The minimum absolute atomic E-state index is 0.0181. The monoisotopic (exact) mass is 439 g/mol. The SMILES string of the molecule is CCCN1C(=O)S/C(=C\c2cn(CC(=O)NC3CCCC3)c3c(CC)cccc23)C1=O. The lowest BCUT2D eigenvalue weighted by Gasteiger charge is -2.13. The predicted molar refractivity (Wildman–Crippen MR) is 125 cm³/mol. The lowest BCUT2D eigenvalue weighted by atomic mass is 10.1. The average molecular weight is 440 g/mol. The molecule has 164 valence electrons. The Morgan fingerprint density at radius 1 is 1.23 bits per heavy atom. The minimum atomic E-state index is -0.233. The molecule has 1 saturated heterocycles. The van der Waals surface area contributed by atoms with Crippen molar-refractivity contribution in [2.24, 2.45) is 0 Å². The van der Waals surface area contributed by atoms with Gasteiger partial charge in [0.15, 0.2) is 0 Å². The van der Waals surface area contributed by atoms with Gasteiger partial charge in [0.05, 0.1) is 10.4 Å². The van der Waals surface area contributed by atoms with Crippen LogP contribution in [0, 0.1) is 0 Å². The molecule has 6 nitrogen and oxygen atoms in total. The molecule has 2 fully saturated rings. The lowest BCUT2D eigenvalue weighted by molar-refractivity contribution is -0.123. The third-order valence-corrected chi connectivity index (χ3v) is 6.94. The topological polar surface area (TPSA) is 71.4 Å². The van der Waals surface area contributed by atoms with Crippen molar-refractivity contribution in [3.8, 4) is 0 Å². The van der Waals surface area contributed by atoms with Gasteiger partial charge in [0, 0.05) is 29.7 Å². The van der Waals surface area contributed by atoms with Crippen molar-refractivity contribution in [2.75, 3.05) is 6.54 Å². The average Bonchev–Trinajstić information content (AvgIpc) is 3.44. The lowest BCUT2D eigenvalue weighted by Crippen LogP contribution is -2.35. The molecular weight excluding hydrogens is 410 g/mol. The third kappa shape index (κ3) is 4.42. The van der Waals surface area contributed by atoms with E-state index in [2.05, 4.69) is 18.3 Å². The van der Waals surface area contributed by atoms with Crippen molar-refractivity contribution in [2.45, 2.75) is 65.0 Å². The van der Waals surface area contributed by atoms with Gasteiger partial charge in [0.2, 0.25) is 5.91 Å². The highest BCUT2D eigenvalue weighted by molar-refractivity contribution is 8.18. The molecular formula is C24H29N3O3S. The highest BCUT2D eigenvalue weighted by atomic mass is 32.2. The maximum Gasteiger partial charge on any atom is 0.293 e. The summed E-state index contributed by atoms with van der Waals surface area (Å²) in [6, 6.07) is 6.38. The zero-order valence-electron chi connectivity index (χ0n) is 18.1. The molecule has 2 aromatic rings. The molecule has 4 rings (SSSR count). The van der Waals surface area contributed by atoms with Gasteiger partial charge in [-0.15, -0.1) is 0 Å². The number of carbonyl (C=O) groups excluding carboxylic acids is 3. The molecule has 7 heteroatoms. The third-order valence-electron chi connectivity index (χ3n) is 6.04. The summed E-state index contributed by atoms with van der Waals surface area (Å²) in [6.45, 7) is 4.73. The second kappa shape index (κ2) is 9.30. The summed E-state index contributed by atoms with van der Waals surface area (Å²) in [4.78, 5) is 39.4. The first-order valence-electron chi connectivity index (χ1n) is 11.2. The fourth-order valence-corrected chi connectivity index (χ4v) is 5.40. The van der Waals surface area contributed by atoms with Crippen molar-refractivity contribution < 1.29 is 14.4 Å². The number of hydrogen-bond acceptors (Lipinski definition) is 4. The maximum absolute atomic E-state index is 12.7. The van der Waals surface area contributed by atoms with Crippen molar-refractivity contribution in [3.05, 3.63) is 40.4 Å². The van der Waals surface area contributed by atoms with E-state index in [-0.39, 0.29) is 29.6 Å². The van der Waals surface area contributed by atoms with Gasteiger partial charge in [-0.1, -0.05) is 44.9 Å². The summed E-state index contributed by atoms with van der Waals surface area (Å²) in [6.07, 6.45) is 9.77. The van der Waals surface area contributed by atoms with E-state index in [1.165, 1.54) is 17.7 Å². The second-order valence-corrected chi connectivity index (χ2v) is 9.25. The standard InChI is InChI=1S/C24H29N3O3S/c1-3-12-27-23(29)20(31-24(27)30)13-17-14-26(15-21(28)25-18-9-5-6-10-18)22-16(4-2)8-7-11-19(17)22/h7-8,11,13-14,18H,3-6,9-10,12,15H2,1-2H3,(H,25,28)/b20-13-. The number of aromatic nitrogens is 1. The van der Waals surface area contributed by atoms with Crippen LogP contribution in [0.2, 0.25) is 0 Å². The van der Waals surface area contributed by atoms with Crippen LogP contribution in [0.25, 0.3) is 17.0 Å². The molecule has 1 aromatic heterocycles. The van der Waals surface area contributed by atoms with Crippen LogP contribution >= 0.6 is 11.8 Å². The summed E-state index contributed by atoms with van der Waals surface area (Å²) >= 11 is 0.990. The summed E-state index contributed by atoms with van der Waals surface area (Å²) < 4.78 is 1.99. The normalized spacial score (nSPS) is 18.6. The Morgan fingerprint density at radius 3 is 2.71 bits per heavy atom. The Morgan fingerprint density at radius 2 is 2.00 bits per heavy atom. The largest absolute Gasteiger partial charge is 0.352 e. The number of benzene rings is 1. The smallest absolute Gasteiger partial charge is 0.293 e. The number of rotatable bonds is 7. The molecule has 2 heterocycles. The number of nitrogens with one attached hydrogen (secondary N) is 1. The van der Waals surface area contributed by atoms with Crippen LogP contribution in [0.1, 0.15) is 57.1 Å². The number of fused-ring (bicyclic) bond motifs is 1. The number of aryl methyl sites for hydroxylation is 1. The first-order valence-corrected chi connectivity index (χ1v) is 12.0. The first kappa shape index (κ1) is 21.7. The first-order chi connectivity index (χ1) is 15.0. The van der Waals surface area contributed by atoms with E-state index < -0.39 is 0 Å². The Labute approximate surface area is 187 Å². The van der Waals surface area contributed by atoms with Crippen LogP contribution in [-0.4, -0.2) is 39.1 Å². The van der Waals surface area contributed by atoms with Crippen molar-refractivity contribution in [1.82, 2.24) is 14.8 Å². The van der Waals surface area contributed by atoms with Crippen LogP contribution in [0.3, 0.4) is 0 Å². The van der Waals surface area contributed by atoms with Gasteiger partial charge in [0.1, 0.15) is 6.54 Å². The molecule has 1 saturated carbocycles. The van der Waals surface area contributed by atoms with Crippen molar-refractivity contribution >= 4 is 45.8 Å². The summed E-state index contributed by atoms with van der Waals surface area (Å²) in [5, 5.41) is 3.94. The number of amides is 3. The van der Waals surface area contributed by atoms with Gasteiger partial charge in [-0.25, -0.2) is 0 Å². The van der Waals surface area contributed by atoms with E-state index in [1.54, 1.807) is 6.08 Å². The number of imide groups is 1. The number of hydrogen-bond donors (Lipinski definition) is 1. The number of para-hydroxylation sites is 1. The van der Waals surface area contributed by atoms with Gasteiger partial charge in [-0.2, -0.15) is 0 Å². The maximum atomic E-state index is 12.7. The molecule has 0 radical (unpaired) electrons. The summed E-state index contributed by atoms with van der Waals surface area (Å²) in [5.41, 5.74) is 3.04. The van der Waals surface area contributed by atoms with Crippen molar-refractivity contribution in [3.63, 3.8) is 0 Å². The van der Waals surface area contributed by atoms with Crippen molar-refractivity contribution in [1.29, 1.82) is 0 Å². The molecule has 2 aliphatic rings. The zero-order chi connectivity index (χ0) is 22.0.